The maximum atomic E-state index is 13.6. The molecule has 0 aliphatic carbocycles. The molecule has 7 nitrogen and oxygen atoms in total. The number of aromatic nitrogens is 2. The maximum absolute atomic E-state index is 13.6. The number of rotatable bonds is 5. The first-order valence-electron chi connectivity index (χ1n) is 11.0. The van der Waals surface area contributed by atoms with E-state index in [1.165, 1.54) is 0 Å². The Bertz CT molecular complexity index is 1360. The van der Waals surface area contributed by atoms with Gasteiger partial charge in [-0.3, -0.25) is 14.8 Å². The molecule has 170 valence electrons. The minimum Gasteiger partial charge on any atom is -0.508 e. The number of aryl methyl sites for hydroxylation is 1. The molecular formula is C27H23N3O4. The summed E-state index contributed by atoms with van der Waals surface area (Å²) >= 11 is 0. The van der Waals surface area contributed by atoms with Crippen molar-refractivity contribution in [3.8, 4) is 17.0 Å². The number of esters is 1. The summed E-state index contributed by atoms with van der Waals surface area (Å²) in [5.74, 6) is -0.486. The molecule has 34 heavy (non-hydrogen) atoms. The van der Waals surface area contributed by atoms with E-state index in [0.717, 1.165) is 22.3 Å². The van der Waals surface area contributed by atoms with Gasteiger partial charge in [-0.05, 0) is 55.8 Å². The first-order valence-corrected chi connectivity index (χ1v) is 11.0. The lowest BCUT2D eigenvalue weighted by Gasteiger charge is -2.26. The molecule has 4 aromatic rings. The van der Waals surface area contributed by atoms with Crippen LogP contribution in [0.3, 0.4) is 0 Å². The van der Waals surface area contributed by atoms with Gasteiger partial charge in [0, 0.05) is 16.8 Å². The number of aromatic amines is 1. The Morgan fingerprint density at radius 3 is 2.35 bits per heavy atom. The number of carbonyl (C=O) groups excluding carboxylic acids is 2. The molecule has 0 radical (unpaired) electrons. The van der Waals surface area contributed by atoms with E-state index in [1.54, 1.807) is 60.4 Å². The highest BCUT2D eigenvalue weighted by molar-refractivity contribution is 6.12. The van der Waals surface area contributed by atoms with Gasteiger partial charge in [0.15, 0.2) is 0 Å². The van der Waals surface area contributed by atoms with Crippen LogP contribution in [0.5, 0.6) is 5.75 Å². The van der Waals surface area contributed by atoms with Gasteiger partial charge in [-0.1, -0.05) is 42.0 Å². The van der Waals surface area contributed by atoms with E-state index in [4.69, 9.17) is 4.74 Å². The van der Waals surface area contributed by atoms with Crippen molar-refractivity contribution in [2.24, 2.45) is 0 Å². The predicted molar refractivity (Wildman–Crippen MR) is 128 cm³/mol. The number of anilines is 1. The second-order valence-corrected chi connectivity index (χ2v) is 8.16. The number of hydrogen-bond acceptors (Lipinski definition) is 5. The van der Waals surface area contributed by atoms with E-state index in [9.17, 15) is 14.7 Å². The van der Waals surface area contributed by atoms with Gasteiger partial charge in [0.05, 0.1) is 23.9 Å². The van der Waals surface area contributed by atoms with Crippen LogP contribution in [0, 0.1) is 6.92 Å². The fraction of sp³-hybridized carbons (Fsp3) is 0.148. The van der Waals surface area contributed by atoms with Crippen LogP contribution in [-0.2, 0) is 4.74 Å². The fourth-order valence-corrected chi connectivity index (χ4v) is 4.29. The topological polar surface area (TPSA) is 95.5 Å². The van der Waals surface area contributed by atoms with Crippen LogP contribution in [-0.4, -0.2) is 33.8 Å². The molecule has 1 aliphatic rings. The summed E-state index contributed by atoms with van der Waals surface area (Å²) in [7, 11) is 0. The minimum atomic E-state index is -0.466. The highest BCUT2D eigenvalue weighted by Gasteiger charge is 2.43. The molecule has 1 aromatic heterocycles. The van der Waals surface area contributed by atoms with Gasteiger partial charge in [-0.2, -0.15) is 5.10 Å². The van der Waals surface area contributed by atoms with Gasteiger partial charge in [0.2, 0.25) is 0 Å². The summed E-state index contributed by atoms with van der Waals surface area (Å²) < 4.78 is 5.07. The van der Waals surface area contributed by atoms with E-state index < -0.39 is 12.0 Å². The largest absolute Gasteiger partial charge is 0.508 e. The molecule has 0 saturated carbocycles. The number of nitrogens with one attached hydrogen (secondary N) is 1. The Morgan fingerprint density at radius 2 is 1.71 bits per heavy atom. The molecule has 3 aromatic carbocycles. The molecule has 0 saturated heterocycles. The predicted octanol–water partition coefficient (Wildman–Crippen LogP) is 5.02. The summed E-state index contributed by atoms with van der Waals surface area (Å²) in [6.07, 6.45) is 0. The third-order valence-electron chi connectivity index (χ3n) is 5.96. The lowest BCUT2D eigenvalue weighted by Crippen LogP contribution is -2.29. The van der Waals surface area contributed by atoms with Gasteiger partial charge in [-0.15, -0.1) is 0 Å². The van der Waals surface area contributed by atoms with Gasteiger partial charge in [0.1, 0.15) is 11.4 Å². The Kier molecular flexibility index (Phi) is 5.37. The van der Waals surface area contributed by atoms with Gasteiger partial charge in [-0.25, -0.2) is 4.79 Å². The first kappa shape index (κ1) is 21.5. The number of phenolic OH excluding ortho intramolecular Hbond substituents is 1. The Hall–Kier alpha value is -4.39. The van der Waals surface area contributed by atoms with E-state index >= 15 is 0 Å². The fourth-order valence-electron chi connectivity index (χ4n) is 4.29. The summed E-state index contributed by atoms with van der Waals surface area (Å²) in [6.45, 7) is 4.06. The molecule has 7 heteroatoms. The zero-order valence-electron chi connectivity index (χ0n) is 18.8. The molecule has 1 atom stereocenters. The molecule has 2 heterocycles. The van der Waals surface area contributed by atoms with E-state index in [0.29, 0.717) is 22.6 Å². The van der Waals surface area contributed by atoms with Crippen molar-refractivity contribution in [3.05, 3.63) is 101 Å². The third kappa shape index (κ3) is 3.61. The summed E-state index contributed by atoms with van der Waals surface area (Å²) in [5, 5.41) is 17.3. The lowest BCUT2D eigenvalue weighted by molar-refractivity contribution is 0.0526. The number of hydrogen-bond donors (Lipinski definition) is 2. The van der Waals surface area contributed by atoms with E-state index in [2.05, 4.69) is 10.2 Å². The molecule has 1 amide bonds. The van der Waals surface area contributed by atoms with Crippen LogP contribution in [0.2, 0.25) is 0 Å². The van der Waals surface area contributed by atoms with Crippen LogP contribution < -0.4 is 4.90 Å². The second kappa shape index (κ2) is 8.51. The van der Waals surface area contributed by atoms with Gasteiger partial charge >= 0.3 is 5.97 Å². The average Bonchev–Trinajstić information content (AvgIpc) is 3.39. The molecule has 0 fully saturated rings. The number of benzene rings is 3. The van der Waals surface area contributed by atoms with Crippen LogP contribution in [0.4, 0.5) is 5.69 Å². The number of aromatic hydroxyl groups is 1. The lowest BCUT2D eigenvalue weighted by atomic mass is 9.95. The van der Waals surface area contributed by atoms with Crippen LogP contribution in [0.15, 0.2) is 72.8 Å². The summed E-state index contributed by atoms with van der Waals surface area (Å²) in [5.41, 5.74) is 5.80. The summed E-state index contributed by atoms with van der Waals surface area (Å²) in [6, 6.07) is 21.1. The Morgan fingerprint density at radius 1 is 1.03 bits per heavy atom. The number of H-pyrrole nitrogens is 1. The number of phenols is 1. The Labute approximate surface area is 196 Å². The molecule has 1 unspecified atom stereocenters. The number of nitrogens with zero attached hydrogens (tertiary/aromatic N) is 2. The van der Waals surface area contributed by atoms with Crippen molar-refractivity contribution in [1.29, 1.82) is 0 Å². The molecule has 5 rings (SSSR count). The summed E-state index contributed by atoms with van der Waals surface area (Å²) in [4.78, 5) is 27.3. The molecule has 2 N–H and O–H groups in total. The van der Waals surface area contributed by atoms with Crippen molar-refractivity contribution < 1.29 is 19.4 Å². The molecule has 0 spiro atoms. The van der Waals surface area contributed by atoms with Crippen LogP contribution in [0.25, 0.3) is 11.3 Å². The monoisotopic (exact) mass is 453 g/mol. The van der Waals surface area contributed by atoms with Crippen molar-refractivity contribution in [2.75, 3.05) is 11.5 Å². The third-order valence-corrected chi connectivity index (χ3v) is 5.96. The standard InChI is InChI=1S/C27H23N3O4/c1-3-34-27(33)19-8-12-20(13-9-19)30-25(18-10-14-21(31)15-11-18)22-23(28-29-24(22)26(30)32)17-6-4-16(2)5-7-17/h4-15,25,31H,3H2,1-2H3,(H,28,29). The SMILES string of the molecule is CCOC(=O)c1ccc(N2C(=O)c3[nH]nc(-c4ccc(C)cc4)c3C2c2ccc(O)cc2)cc1. The van der Waals surface area contributed by atoms with E-state index in [-0.39, 0.29) is 18.3 Å². The van der Waals surface area contributed by atoms with Crippen molar-refractivity contribution >= 4 is 17.6 Å². The average molecular weight is 453 g/mol. The molecule has 1 aliphatic heterocycles. The molecular weight excluding hydrogens is 430 g/mol. The van der Waals surface area contributed by atoms with E-state index in [1.807, 2.05) is 31.2 Å². The van der Waals surface area contributed by atoms with Crippen molar-refractivity contribution in [2.45, 2.75) is 19.9 Å². The minimum absolute atomic E-state index is 0.143. The number of ether oxygens (including phenoxy) is 1. The Balaban J connectivity index is 1.63. The second-order valence-electron chi connectivity index (χ2n) is 8.16. The van der Waals surface area contributed by atoms with Crippen LogP contribution >= 0.6 is 0 Å². The number of amides is 1. The first-order chi connectivity index (χ1) is 16.5. The highest BCUT2D eigenvalue weighted by Crippen LogP contribution is 2.45. The molecule has 0 bridgehead atoms. The van der Waals surface area contributed by atoms with Crippen molar-refractivity contribution in [3.63, 3.8) is 0 Å². The number of carbonyl (C=O) groups is 2. The zero-order chi connectivity index (χ0) is 23.8. The van der Waals surface area contributed by atoms with Crippen LogP contribution in [0.1, 0.15) is 50.5 Å². The maximum Gasteiger partial charge on any atom is 0.338 e. The number of fused-ring (bicyclic) bond motifs is 1. The highest BCUT2D eigenvalue weighted by atomic mass is 16.5. The van der Waals surface area contributed by atoms with Gasteiger partial charge < -0.3 is 9.84 Å². The quantitative estimate of drug-likeness (QED) is 0.414. The normalized spacial score (nSPS) is 14.8. The van der Waals surface area contributed by atoms with Crippen molar-refractivity contribution in [1.82, 2.24) is 10.2 Å². The van der Waals surface area contributed by atoms with Gasteiger partial charge in [0.25, 0.3) is 5.91 Å². The smallest absolute Gasteiger partial charge is 0.338 e. The zero-order valence-corrected chi connectivity index (χ0v) is 18.8.